The Morgan fingerprint density at radius 1 is 1.20 bits per heavy atom. The van der Waals surface area contributed by atoms with Crippen molar-refractivity contribution in [1.29, 1.82) is 0 Å². The lowest BCUT2D eigenvalue weighted by molar-refractivity contribution is -0.128. The van der Waals surface area contributed by atoms with Crippen LogP contribution in [0.25, 0.3) is 0 Å². The van der Waals surface area contributed by atoms with E-state index >= 15 is 0 Å². The lowest BCUT2D eigenvalue weighted by atomic mass is 10.2. The molecule has 1 aliphatic rings. The number of amidine groups is 1. The summed E-state index contributed by atoms with van der Waals surface area (Å²) < 4.78 is 41.9. The fraction of sp³-hybridized carbons (Fsp3) is 0.211. The molecule has 2 aromatic carbocycles. The van der Waals surface area contributed by atoms with Gasteiger partial charge in [-0.2, -0.15) is 8.42 Å². The van der Waals surface area contributed by atoms with Crippen molar-refractivity contribution in [2.45, 2.75) is 23.5 Å². The number of thioether (sulfide) groups is 1. The van der Waals surface area contributed by atoms with Crippen LogP contribution in [0.5, 0.6) is 0 Å². The number of rotatable bonds is 6. The van der Waals surface area contributed by atoms with Crippen molar-refractivity contribution in [2.75, 3.05) is 11.9 Å². The maximum atomic E-state index is 13.0. The maximum absolute atomic E-state index is 13.0. The normalized spacial score (nSPS) is 18.1. The van der Waals surface area contributed by atoms with E-state index in [0.29, 0.717) is 10.7 Å². The van der Waals surface area contributed by atoms with Crippen molar-refractivity contribution in [2.24, 2.45) is 4.40 Å². The van der Waals surface area contributed by atoms with Crippen molar-refractivity contribution >= 4 is 56.1 Å². The van der Waals surface area contributed by atoms with Gasteiger partial charge >= 0.3 is 0 Å². The highest BCUT2D eigenvalue weighted by atomic mass is 35.5. The molecule has 0 saturated carbocycles. The van der Waals surface area contributed by atoms with E-state index in [2.05, 4.69) is 9.71 Å². The number of carbonyl (C=O) groups is 2. The number of hydrogen-bond donors (Lipinski definition) is 1. The second kappa shape index (κ2) is 9.15. The van der Waals surface area contributed by atoms with Crippen LogP contribution in [0, 0.1) is 5.82 Å². The largest absolute Gasteiger partial charge is 0.326 e. The molecule has 0 aliphatic carbocycles. The van der Waals surface area contributed by atoms with E-state index in [0.717, 1.165) is 11.8 Å². The Bertz CT molecular complexity index is 1090. The number of nitrogens with one attached hydrogen (secondary N) is 1. The number of carbonyl (C=O) groups excluding carboxylic acids is 2. The Labute approximate surface area is 182 Å². The van der Waals surface area contributed by atoms with Gasteiger partial charge in [-0.05, 0) is 55.5 Å². The van der Waals surface area contributed by atoms with Crippen LogP contribution in [0.15, 0.2) is 57.8 Å². The number of nitrogens with zero attached hydrogens (tertiary/aromatic N) is 2. The fourth-order valence-electron chi connectivity index (χ4n) is 2.68. The van der Waals surface area contributed by atoms with Gasteiger partial charge in [0.15, 0.2) is 5.17 Å². The molecule has 2 amide bonds. The first-order valence-corrected chi connectivity index (χ1v) is 11.5. The van der Waals surface area contributed by atoms with E-state index in [1.807, 2.05) is 0 Å². The molecule has 30 heavy (non-hydrogen) atoms. The van der Waals surface area contributed by atoms with Crippen molar-refractivity contribution in [3.8, 4) is 0 Å². The van der Waals surface area contributed by atoms with Gasteiger partial charge in [-0.3, -0.25) is 14.5 Å². The molecule has 2 aromatic rings. The first kappa shape index (κ1) is 22.3. The minimum Gasteiger partial charge on any atom is -0.326 e. The second-order valence-electron chi connectivity index (χ2n) is 6.25. The average Bonchev–Trinajstić information content (AvgIpc) is 2.97. The number of sulfonamides is 1. The molecule has 11 heteroatoms. The molecule has 0 bridgehead atoms. The van der Waals surface area contributed by atoms with Crippen LogP contribution >= 0.6 is 23.4 Å². The molecule has 1 fully saturated rings. The van der Waals surface area contributed by atoms with Crippen LogP contribution in [0.1, 0.15) is 13.3 Å². The van der Waals surface area contributed by atoms with Gasteiger partial charge in [0.25, 0.3) is 10.0 Å². The third kappa shape index (κ3) is 5.18. The van der Waals surface area contributed by atoms with Crippen LogP contribution in [-0.2, 0) is 19.6 Å². The maximum Gasteiger partial charge on any atom is 0.284 e. The van der Waals surface area contributed by atoms with E-state index in [9.17, 15) is 22.4 Å². The minimum atomic E-state index is -4.05. The Hall–Kier alpha value is -2.43. The van der Waals surface area contributed by atoms with E-state index in [1.54, 1.807) is 6.92 Å². The van der Waals surface area contributed by atoms with Gasteiger partial charge < -0.3 is 5.32 Å². The molecule has 158 valence electrons. The van der Waals surface area contributed by atoms with Gasteiger partial charge in [-0.1, -0.05) is 23.4 Å². The number of hydrogen-bond acceptors (Lipinski definition) is 5. The Morgan fingerprint density at radius 3 is 2.43 bits per heavy atom. The monoisotopic (exact) mass is 469 g/mol. The third-order valence-electron chi connectivity index (χ3n) is 4.14. The smallest absolute Gasteiger partial charge is 0.284 e. The average molecular weight is 470 g/mol. The van der Waals surface area contributed by atoms with Gasteiger partial charge in [0, 0.05) is 23.7 Å². The standard InChI is InChI=1S/C19H17ClFN3O4S2/c1-2-24-18(26)16(11-17(25)22-14-7-5-13(21)6-8-14)29-19(24)23-30(27,28)15-9-3-12(20)4-10-15/h3-10,16H,2,11H2,1H3,(H,22,25). The van der Waals surface area contributed by atoms with Crippen molar-refractivity contribution < 1.29 is 22.4 Å². The zero-order chi connectivity index (χ0) is 21.9. The molecular weight excluding hydrogens is 453 g/mol. The molecule has 0 aromatic heterocycles. The summed E-state index contributed by atoms with van der Waals surface area (Å²) in [4.78, 5) is 26.1. The molecule has 1 unspecified atom stereocenters. The van der Waals surface area contributed by atoms with Crippen LogP contribution < -0.4 is 5.32 Å². The van der Waals surface area contributed by atoms with Crippen molar-refractivity contribution in [3.05, 3.63) is 59.4 Å². The highest BCUT2D eigenvalue weighted by molar-refractivity contribution is 8.16. The second-order valence-corrected chi connectivity index (χ2v) is 9.46. The molecule has 3 rings (SSSR count). The van der Waals surface area contributed by atoms with Gasteiger partial charge in [0.2, 0.25) is 11.8 Å². The molecule has 1 heterocycles. The molecule has 1 saturated heterocycles. The van der Waals surface area contributed by atoms with Gasteiger partial charge in [-0.15, -0.1) is 4.40 Å². The highest BCUT2D eigenvalue weighted by Gasteiger charge is 2.39. The van der Waals surface area contributed by atoms with E-state index in [1.165, 1.54) is 53.4 Å². The first-order valence-electron chi connectivity index (χ1n) is 8.83. The van der Waals surface area contributed by atoms with Gasteiger partial charge in [-0.25, -0.2) is 4.39 Å². The molecule has 1 atom stereocenters. The summed E-state index contributed by atoms with van der Waals surface area (Å²) in [6, 6.07) is 10.7. The Kier molecular flexibility index (Phi) is 6.79. The van der Waals surface area contributed by atoms with Crippen molar-refractivity contribution in [1.82, 2.24) is 4.90 Å². The van der Waals surface area contributed by atoms with E-state index < -0.39 is 32.9 Å². The van der Waals surface area contributed by atoms with Crippen LogP contribution in [0.3, 0.4) is 0 Å². The molecule has 1 aliphatic heterocycles. The summed E-state index contributed by atoms with van der Waals surface area (Å²) in [7, 11) is -4.05. The quantitative estimate of drug-likeness (QED) is 0.698. The zero-order valence-corrected chi connectivity index (χ0v) is 18.1. The van der Waals surface area contributed by atoms with E-state index in [4.69, 9.17) is 11.6 Å². The number of benzene rings is 2. The van der Waals surface area contributed by atoms with E-state index in [-0.39, 0.29) is 23.0 Å². The van der Waals surface area contributed by atoms with Crippen molar-refractivity contribution in [3.63, 3.8) is 0 Å². The Morgan fingerprint density at radius 2 is 1.83 bits per heavy atom. The first-order chi connectivity index (χ1) is 14.2. The Balaban J connectivity index is 1.75. The van der Waals surface area contributed by atoms with Crippen LogP contribution in [-0.4, -0.2) is 42.1 Å². The molecule has 0 spiro atoms. The number of halogens is 2. The third-order valence-corrected chi connectivity index (χ3v) is 6.97. The zero-order valence-electron chi connectivity index (χ0n) is 15.7. The number of amides is 2. The molecule has 0 radical (unpaired) electrons. The van der Waals surface area contributed by atoms with Gasteiger partial charge in [0.1, 0.15) is 11.1 Å². The number of anilines is 1. The van der Waals surface area contributed by atoms with Crippen LogP contribution in [0.4, 0.5) is 10.1 Å². The topological polar surface area (TPSA) is 95.9 Å². The molecule has 1 N–H and O–H groups in total. The summed E-state index contributed by atoms with van der Waals surface area (Å²) in [5.74, 6) is -1.29. The van der Waals surface area contributed by atoms with Crippen LogP contribution in [0.2, 0.25) is 5.02 Å². The summed E-state index contributed by atoms with van der Waals surface area (Å²) in [6.45, 7) is 1.89. The summed E-state index contributed by atoms with van der Waals surface area (Å²) >= 11 is 6.70. The summed E-state index contributed by atoms with van der Waals surface area (Å²) in [5.41, 5.74) is 0.392. The molecular formula is C19H17ClFN3O4S2. The highest BCUT2D eigenvalue weighted by Crippen LogP contribution is 2.31. The fourth-order valence-corrected chi connectivity index (χ4v) is 5.22. The summed E-state index contributed by atoms with van der Waals surface area (Å²) in [5, 5.41) is 2.16. The predicted molar refractivity (Wildman–Crippen MR) is 114 cm³/mol. The lowest BCUT2D eigenvalue weighted by Gasteiger charge is -2.13. The SMILES string of the molecule is CCN1C(=O)C(CC(=O)Nc2ccc(F)cc2)SC1=NS(=O)(=O)c1ccc(Cl)cc1. The summed E-state index contributed by atoms with van der Waals surface area (Å²) in [6.07, 6.45) is -0.183. The predicted octanol–water partition coefficient (Wildman–Crippen LogP) is 3.52. The molecule has 7 nitrogen and oxygen atoms in total. The minimum absolute atomic E-state index is 0.0111. The van der Waals surface area contributed by atoms with Gasteiger partial charge in [0.05, 0.1) is 4.90 Å². The lowest BCUT2D eigenvalue weighted by Crippen LogP contribution is -2.33.